The molecule has 1 saturated carbocycles. The number of hydrogen-bond acceptors (Lipinski definition) is 8. The van der Waals surface area contributed by atoms with Crippen molar-refractivity contribution in [1.29, 1.82) is 0 Å². The van der Waals surface area contributed by atoms with Crippen molar-refractivity contribution in [2.45, 2.75) is 31.8 Å². The van der Waals surface area contributed by atoms with Crippen molar-refractivity contribution in [2.24, 2.45) is 7.05 Å². The summed E-state index contributed by atoms with van der Waals surface area (Å²) in [5, 5.41) is 21.2. The van der Waals surface area contributed by atoms with Gasteiger partial charge in [-0.2, -0.15) is 9.61 Å². The molecule has 4 aromatic rings. The SMILES string of the molecule is Cn1cnc(COc2nn3c(-c4ccon4)nnc3cc2C2CCC2)n1. The number of hydrogen-bond donors (Lipinski definition) is 0. The summed E-state index contributed by atoms with van der Waals surface area (Å²) < 4.78 is 14.1. The van der Waals surface area contributed by atoms with Crippen molar-refractivity contribution in [3.8, 4) is 17.4 Å². The number of nitrogens with zero attached hydrogens (tertiary/aromatic N) is 8. The van der Waals surface area contributed by atoms with Gasteiger partial charge in [0.25, 0.3) is 0 Å². The zero-order chi connectivity index (χ0) is 17.5. The van der Waals surface area contributed by atoms with Crippen LogP contribution < -0.4 is 4.74 Å². The minimum atomic E-state index is 0.250. The summed E-state index contributed by atoms with van der Waals surface area (Å²) in [6.07, 6.45) is 6.60. The molecule has 0 bridgehead atoms. The number of ether oxygens (including phenoxy) is 1. The van der Waals surface area contributed by atoms with E-state index in [0.717, 1.165) is 18.4 Å². The van der Waals surface area contributed by atoms with Crippen LogP contribution >= 0.6 is 0 Å². The Labute approximate surface area is 147 Å². The van der Waals surface area contributed by atoms with Gasteiger partial charge in [-0.15, -0.1) is 15.3 Å². The van der Waals surface area contributed by atoms with Crippen molar-refractivity contribution in [2.75, 3.05) is 0 Å². The molecule has 1 aliphatic carbocycles. The Kier molecular flexibility index (Phi) is 3.40. The lowest BCUT2D eigenvalue weighted by Gasteiger charge is -2.26. The van der Waals surface area contributed by atoms with Crippen molar-refractivity contribution in [3.05, 3.63) is 36.1 Å². The molecule has 1 aliphatic rings. The zero-order valence-electron chi connectivity index (χ0n) is 14.1. The molecule has 0 unspecified atom stereocenters. The van der Waals surface area contributed by atoms with E-state index < -0.39 is 0 Å². The maximum Gasteiger partial charge on any atom is 0.235 e. The van der Waals surface area contributed by atoms with Crippen LogP contribution in [0.25, 0.3) is 17.2 Å². The molecule has 4 heterocycles. The smallest absolute Gasteiger partial charge is 0.235 e. The van der Waals surface area contributed by atoms with E-state index in [2.05, 4.69) is 30.5 Å². The van der Waals surface area contributed by atoms with Gasteiger partial charge in [0.05, 0.1) is 0 Å². The van der Waals surface area contributed by atoms with Gasteiger partial charge in [-0.25, -0.2) is 4.98 Å². The van der Waals surface area contributed by atoms with Gasteiger partial charge in [-0.05, 0) is 24.8 Å². The van der Waals surface area contributed by atoms with Gasteiger partial charge in [0.15, 0.2) is 23.8 Å². The lowest BCUT2D eigenvalue weighted by Crippen LogP contribution is -2.14. The van der Waals surface area contributed by atoms with Crippen LogP contribution in [0.2, 0.25) is 0 Å². The van der Waals surface area contributed by atoms with Gasteiger partial charge in [0.1, 0.15) is 12.6 Å². The van der Waals surface area contributed by atoms with Gasteiger partial charge < -0.3 is 9.26 Å². The minimum absolute atomic E-state index is 0.250. The highest BCUT2D eigenvalue weighted by Crippen LogP contribution is 2.40. The number of aromatic nitrogens is 8. The first-order valence-corrected chi connectivity index (χ1v) is 8.42. The van der Waals surface area contributed by atoms with E-state index in [1.807, 2.05) is 13.1 Å². The molecule has 0 radical (unpaired) electrons. The molecule has 0 N–H and O–H groups in total. The molecule has 0 saturated heterocycles. The van der Waals surface area contributed by atoms with Crippen LogP contribution in [0.5, 0.6) is 5.88 Å². The molecule has 1 fully saturated rings. The van der Waals surface area contributed by atoms with Crippen molar-refractivity contribution < 1.29 is 9.26 Å². The Hall–Kier alpha value is -3.30. The Balaban J connectivity index is 1.55. The quantitative estimate of drug-likeness (QED) is 0.534. The molecule has 0 aliphatic heterocycles. The first-order chi connectivity index (χ1) is 12.8. The van der Waals surface area contributed by atoms with Crippen LogP contribution in [-0.4, -0.2) is 39.7 Å². The van der Waals surface area contributed by atoms with E-state index >= 15 is 0 Å². The monoisotopic (exact) mass is 352 g/mol. The Morgan fingerprint density at radius 2 is 2.19 bits per heavy atom. The lowest BCUT2D eigenvalue weighted by molar-refractivity contribution is 0.268. The van der Waals surface area contributed by atoms with E-state index in [0.29, 0.717) is 34.8 Å². The molecular weight excluding hydrogens is 336 g/mol. The topological polar surface area (TPSA) is 109 Å². The van der Waals surface area contributed by atoms with Gasteiger partial charge in [0, 0.05) is 18.7 Å². The second-order valence-corrected chi connectivity index (χ2v) is 6.33. The van der Waals surface area contributed by atoms with E-state index in [4.69, 9.17) is 9.26 Å². The standard InChI is InChI=1S/C16H16N8O2/c1-23-9-17-13(20-23)8-25-16-11(10-3-2-4-10)7-14-18-19-15(24(14)21-16)12-5-6-26-22-12/h5-7,9-10H,2-4,8H2,1H3. The molecule has 5 rings (SSSR count). The maximum atomic E-state index is 5.97. The molecule has 0 atom stereocenters. The second-order valence-electron chi connectivity index (χ2n) is 6.33. The van der Waals surface area contributed by atoms with E-state index in [1.54, 1.807) is 21.6 Å². The fraction of sp³-hybridized carbons (Fsp3) is 0.375. The lowest BCUT2D eigenvalue weighted by atomic mass is 9.80. The summed E-state index contributed by atoms with van der Waals surface area (Å²) in [7, 11) is 1.82. The highest BCUT2D eigenvalue weighted by Gasteiger charge is 2.26. The van der Waals surface area contributed by atoms with Crippen LogP contribution in [0.3, 0.4) is 0 Å². The number of aryl methyl sites for hydroxylation is 1. The highest BCUT2D eigenvalue weighted by molar-refractivity contribution is 5.55. The van der Waals surface area contributed by atoms with Crippen LogP contribution in [0, 0.1) is 0 Å². The molecule has 0 amide bonds. The summed E-state index contributed by atoms with van der Waals surface area (Å²) in [5.41, 5.74) is 2.28. The number of fused-ring (bicyclic) bond motifs is 1. The van der Waals surface area contributed by atoms with E-state index in [-0.39, 0.29) is 6.61 Å². The van der Waals surface area contributed by atoms with Crippen LogP contribution in [0.4, 0.5) is 0 Å². The summed E-state index contributed by atoms with van der Waals surface area (Å²) in [4.78, 5) is 4.20. The third-order valence-electron chi connectivity index (χ3n) is 4.58. The molecule has 10 nitrogen and oxygen atoms in total. The molecule has 0 aromatic carbocycles. The molecular formula is C16H16N8O2. The van der Waals surface area contributed by atoms with Crippen LogP contribution in [0.15, 0.2) is 29.2 Å². The predicted octanol–water partition coefficient (Wildman–Crippen LogP) is 1.75. The van der Waals surface area contributed by atoms with Crippen molar-refractivity contribution >= 4 is 5.65 Å². The Bertz CT molecular complexity index is 1050. The Morgan fingerprint density at radius 1 is 1.27 bits per heavy atom. The van der Waals surface area contributed by atoms with Crippen molar-refractivity contribution in [3.63, 3.8) is 0 Å². The molecule has 132 valence electrons. The molecule has 0 spiro atoms. The van der Waals surface area contributed by atoms with Gasteiger partial charge in [0.2, 0.25) is 11.7 Å². The van der Waals surface area contributed by atoms with Crippen LogP contribution in [0.1, 0.15) is 36.6 Å². The highest BCUT2D eigenvalue weighted by atomic mass is 16.5. The van der Waals surface area contributed by atoms with Crippen molar-refractivity contribution in [1.82, 2.24) is 39.7 Å². The van der Waals surface area contributed by atoms with E-state index in [1.165, 1.54) is 12.7 Å². The first kappa shape index (κ1) is 15.0. The van der Waals surface area contributed by atoms with Gasteiger partial charge >= 0.3 is 0 Å². The predicted molar refractivity (Wildman–Crippen MR) is 88.2 cm³/mol. The first-order valence-electron chi connectivity index (χ1n) is 8.42. The summed E-state index contributed by atoms with van der Waals surface area (Å²) in [6, 6.07) is 3.71. The fourth-order valence-electron chi connectivity index (χ4n) is 3.02. The van der Waals surface area contributed by atoms with Gasteiger partial charge in [-0.1, -0.05) is 11.6 Å². The molecule has 10 heteroatoms. The third kappa shape index (κ3) is 2.50. The molecule has 4 aromatic heterocycles. The van der Waals surface area contributed by atoms with Crippen LogP contribution in [-0.2, 0) is 13.7 Å². The van der Waals surface area contributed by atoms with Gasteiger partial charge in [-0.3, -0.25) is 4.68 Å². The summed E-state index contributed by atoms with van der Waals surface area (Å²) >= 11 is 0. The summed E-state index contributed by atoms with van der Waals surface area (Å²) in [5.74, 6) is 2.11. The largest absolute Gasteiger partial charge is 0.468 e. The zero-order valence-corrected chi connectivity index (χ0v) is 14.1. The second kappa shape index (κ2) is 5.90. The molecule has 26 heavy (non-hydrogen) atoms. The average molecular weight is 352 g/mol. The minimum Gasteiger partial charge on any atom is -0.468 e. The fourth-order valence-corrected chi connectivity index (χ4v) is 3.02. The Morgan fingerprint density at radius 3 is 2.88 bits per heavy atom. The average Bonchev–Trinajstić information content (AvgIpc) is 3.31. The van der Waals surface area contributed by atoms with E-state index in [9.17, 15) is 0 Å². The maximum absolute atomic E-state index is 5.97. The third-order valence-corrected chi connectivity index (χ3v) is 4.58. The normalized spacial score (nSPS) is 14.7. The number of rotatable bonds is 5. The summed E-state index contributed by atoms with van der Waals surface area (Å²) in [6.45, 7) is 0.250.